The van der Waals surface area contributed by atoms with Gasteiger partial charge >= 0.3 is 0 Å². The van der Waals surface area contributed by atoms with E-state index in [-0.39, 0.29) is 0 Å². The van der Waals surface area contributed by atoms with Gasteiger partial charge in [0.05, 0.1) is 11.0 Å². The highest BCUT2D eigenvalue weighted by Gasteiger charge is 2.11. The van der Waals surface area contributed by atoms with Crippen molar-refractivity contribution < 1.29 is 14.4 Å². The number of hydrogen-bond acceptors (Lipinski definition) is 3. The molecular weight excluding hydrogens is 242 g/mol. The summed E-state index contributed by atoms with van der Waals surface area (Å²) < 4.78 is 1.51. The van der Waals surface area contributed by atoms with Crippen molar-refractivity contribution in [2.75, 3.05) is 0 Å². The molecule has 2 aromatic carbocycles. The van der Waals surface area contributed by atoms with E-state index < -0.39 is 0 Å². The minimum atomic E-state index is 0.536. The number of nitrogens with zero attached hydrogens (tertiary/aromatic N) is 1. The third-order valence-corrected chi connectivity index (χ3v) is 3.23. The fourth-order valence-electron chi connectivity index (χ4n) is 2.35. The molecule has 1 aromatic heterocycles. The number of aromatic nitrogens is 1. The predicted molar refractivity (Wildman–Crippen MR) is 72.4 cm³/mol. The first-order valence-corrected chi connectivity index (χ1v) is 5.72. The van der Waals surface area contributed by atoms with Gasteiger partial charge in [0.1, 0.15) is 12.6 Å². The van der Waals surface area contributed by atoms with Crippen LogP contribution in [0, 0.1) is 0 Å². The molecule has 0 unspecified atom stereocenters. The van der Waals surface area contributed by atoms with Crippen LogP contribution in [0.25, 0.3) is 21.8 Å². The third-order valence-electron chi connectivity index (χ3n) is 3.23. The standard InChI is InChI=1S/C15H9NO3/c17-7-10-1-3-14-12(5-10)13-6-11(8-18)2-4-15(13)16(14)9-19/h1-9H. The molecule has 92 valence electrons. The largest absolute Gasteiger partial charge is 0.298 e. The van der Waals surface area contributed by atoms with E-state index in [0.29, 0.717) is 11.1 Å². The van der Waals surface area contributed by atoms with Crippen LogP contribution in [0.2, 0.25) is 0 Å². The molecule has 3 aromatic rings. The van der Waals surface area contributed by atoms with Crippen molar-refractivity contribution in [3.63, 3.8) is 0 Å². The van der Waals surface area contributed by atoms with Gasteiger partial charge in [-0.15, -0.1) is 0 Å². The second-order valence-corrected chi connectivity index (χ2v) is 4.26. The molecule has 1 heterocycles. The number of hydrogen-bond donors (Lipinski definition) is 0. The minimum Gasteiger partial charge on any atom is -0.298 e. The van der Waals surface area contributed by atoms with Gasteiger partial charge < -0.3 is 0 Å². The molecule has 0 aliphatic heterocycles. The molecule has 4 heteroatoms. The summed E-state index contributed by atoms with van der Waals surface area (Å²) >= 11 is 0. The zero-order valence-corrected chi connectivity index (χ0v) is 9.87. The molecule has 4 nitrogen and oxygen atoms in total. The van der Waals surface area contributed by atoms with Crippen molar-refractivity contribution >= 4 is 40.8 Å². The van der Waals surface area contributed by atoms with Crippen LogP contribution >= 0.6 is 0 Å². The SMILES string of the molecule is O=Cc1ccc2c(c1)c1cc(C=O)ccc1n2C=O. The number of carbonyl (C=O) groups is 3. The van der Waals surface area contributed by atoms with Crippen LogP contribution in [0.15, 0.2) is 36.4 Å². The van der Waals surface area contributed by atoms with E-state index in [1.54, 1.807) is 36.4 Å². The minimum absolute atomic E-state index is 0.536. The summed E-state index contributed by atoms with van der Waals surface area (Å²) in [6.07, 6.45) is 2.24. The summed E-state index contributed by atoms with van der Waals surface area (Å²) in [7, 11) is 0. The Morgan fingerprint density at radius 3 is 1.58 bits per heavy atom. The first kappa shape index (κ1) is 11.3. The van der Waals surface area contributed by atoms with Gasteiger partial charge in [-0.2, -0.15) is 0 Å². The van der Waals surface area contributed by atoms with Crippen molar-refractivity contribution in [3.05, 3.63) is 47.5 Å². The van der Waals surface area contributed by atoms with Crippen LogP contribution in [0.5, 0.6) is 0 Å². The summed E-state index contributed by atoms with van der Waals surface area (Å²) in [6, 6.07) is 10.2. The fraction of sp³-hybridized carbons (Fsp3) is 0. The maximum atomic E-state index is 11.2. The van der Waals surface area contributed by atoms with Crippen LogP contribution in [-0.4, -0.2) is 23.5 Å². The molecule has 0 bridgehead atoms. The van der Waals surface area contributed by atoms with Gasteiger partial charge in [0, 0.05) is 21.9 Å². The third kappa shape index (κ3) is 1.57. The molecular formula is C15H9NO3. The smallest absolute Gasteiger partial charge is 0.218 e. The monoisotopic (exact) mass is 251 g/mol. The van der Waals surface area contributed by atoms with E-state index in [2.05, 4.69) is 0 Å². The quantitative estimate of drug-likeness (QED) is 0.672. The van der Waals surface area contributed by atoms with Crippen LogP contribution < -0.4 is 0 Å². The Hall–Kier alpha value is -2.75. The maximum absolute atomic E-state index is 11.2. The van der Waals surface area contributed by atoms with Gasteiger partial charge in [0.25, 0.3) is 0 Å². The molecule has 0 aliphatic carbocycles. The highest BCUT2D eigenvalue weighted by Crippen LogP contribution is 2.29. The number of carbonyl (C=O) groups excluding carboxylic acids is 3. The molecule has 0 saturated heterocycles. The number of aldehydes is 2. The van der Waals surface area contributed by atoms with Gasteiger partial charge in [0.15, 0.2) is 0 Å². The van der Waals surface area contributed by atoms with Crippen molar-refractivity contribution in [1.82, 2.24) is 4.57 Å². The average molecular weight is 251 g/mol. The molecule has 19 heavy (non-hydrogen) atoms. The van der Waals surface area contributed by atoms with E-state index in [9.17, 15) is 14.4 Å². The molecule has 0 atom stereocenters. The fourth-order valence-corrected chi connectivity index (χ4v) is 2.35. The number of rotatable bonds is 3. The average Bonchev–Trinajstić information content (AvgIpc) is 2.79. The molecule has 0 fully saturated rings. The highest BCUT2D eigenvalue weighted by molar-refractivity contribution is 6.13. The first-order chi connectivity index (χ1) is 9.28. The van der Waals surface area contributed by atoms with E-state index >= 15 is 0 Å². The topological polar surface area (TPSA) is 56.1 Å². The van der Waals surface area contributed by atoms with Gasteiger partial charge in [-0.1, -0.05) is 0 Å². The maximum Gasteiger partial charge on any atom is 0.218 e. The lowest BCUT2D eigenvalue weighted by molar-refractivity contribution is 0.111. The lowest BCUT2D eigenvalue weighted by Gasteiger charge is -1.96. The summed E-state index contributed by atoms with van der Waals surface area (Å²) in [4.78, 5) is 32.9. The molecule has 0 radical (unpaired) electrons. The molecule has 0 N–H and O–H groups in total. The van der Waals surface area contributed by atoms with Crippen LogP contribution in [0.1, 0.15) is 20.7 Å². The molecule has 0 aliphatic rings. The van der Waals surface area contributed by atoms with Gasteiger partial charge in [-0.05, 0) is 36.4 Å². The Kier molecular flexibility index (Phi) is 2.49. The van der Waals surface area contributed by atoms with Gasteiger partial charge in [-0.3, -0.25) is 19.0 Å². The summed E-state index contributed by atoms with van der Waals surface area (Å²) in [5.74, 6) is 0. The van der Waals surface area contributed by atoms with Crippen LogP contribution in [0.4, 0.5) is 0 Å². The lowest BCUT2D eigenvalue weighted by atomic mass is 10.1. The Balaban J connectivity index is 2.54. The second kappa shape index (κ2) is 4.17. The lowest BCUT2D eigenvalue weighted by Crippen LogP contribution is -1.93. The van der Waals surface area contributed by atoms with E-state index in [1.807, 2.05) is 0 Å². The number of benzene rings is 2. The summed E-state index contributed by atoms with van der Waals surface area (Å²) in [5, 5.41) is 1.57. The van der Waals surface area contributed by atoms with Crippen LogP contribution in [0.3, 0.4) is 0 Å². The molecule has 0 saturated carbocycles. The molecule has 0 spiro atoms. The van der Waals surface area contributed by atoms with Crippen molar-refractivity contribution in [2.24, 2.45) is 0 Å². The van der Waals surface area contributed by atoms with Crippen molar-refractivity contribution in [3.8, 4) is 0 Å². The first-order valence-electron chi connectivity index (χ1n) is 5.72. The Labute approximate surface area is 108 Å². The zero-order chi connectivity index (χ0) is 13.4. The summed E-state index contributed by atoms with van der Waals surface area (Å²) in [6.45, 7) is 0. The van der Waals surface area contributed by atoms with E-state index in [0.717, 1.165) is 40.8 Å². The zero-order valence-electron chi connectivity index (χ0n) is 9.87. The number of fused-ring (bicyclic) bond motifs is 3. The summed E-state index contributed by atoms with van der Waals surface area (Å²) in [5.41, 5.74) is 2.51. The normalized spacial score (nSPS) is 10.7. The molecule has 0 amide bonds. The Morgan fingerprint density at radius 2 is 1.21 bits per heavy atom. The second-order valence-electron chi connectivity index (χ2n) is 4.26. The van der Waals surface area contributed by atoms with Gasteiger partial charge in [0.2, 0.25) is 6.41 Å². The predicted octanol–water partition coefficient (Wildman–Crippen LogP) is 2.46. The van der Waals surface area contributed by atoms with E-state index in [1.165, 1.54) is 4.57 Å². The highest BCUT2D eigenvalue weighted by atomic mass is 16.1. The van der Waals surface area contributed by atoms with E-state index in [4.69, 9.17) is 0 Å². The Bertz CT molecular complexity index is 765. The van der Waals surface area contributed by atoms with Gasteiger partial charge in [-0.25, -0.2) is 0 Å². The molecule has 3 rings (SSSR count). The Morgan fingerprint density at radius 1 is 0.737 bits per heavy atom. The van der Waals surface area contributed by atoms with Crippen molar-refractivity contribution in [1.29, 1.82) is 0 Å². The van der Waals surface area contributed by atoms with Crippen LogP contribution in [-0.2, 0) is 4.79 Å². The van der Waals surface area contributed by atoms with Crippen molar-refractivity contribution in [2.45, 2.75) is 0 Å².